The topological polar surface area (TPSA) is 86.2 Å². The largest absolute Gasteiger partial charge is 0.468 e. The molecule has 100 valence electrons. The number of esters is 1. The van der Waals surface area contributed by atoms with Crippen molar-refractivity contribution in [3.05, 3.63) is 0 Å². The molecule has 0 bridgehead atoms. The maximum atomic E-state index is 11.0. The van der Waals surface area contributed by atoms with Gasteiger partial charge in [0, 0.05) is 6.54 Å². The van der Waals surface area contributed by atoms with E-state index in [1.165, 1.54) is 18.9 Å². The Labute approximate surface area is 110 Å². The summed E-state index contributed by atoms with van der Waals surface area (Å²) in [5.74, 6) is 0.254. The highest BCUT2D eigenvalue weighted by Gasteiger charge is 2.09. The van der Waals surface area contributed by atoms with Crippen LogP contribution in [0.15, 0.2) is 5.16 Å². The fourth-order valence-corrected chi connectivity index (χ4v) is 1.67. The number of thioether (sulfide) groups is 1. The number of anilines is 1. The van der Waals surface area contributed by atoms with Crippen LogP contribution in [-0.4, -0.2) is 46.9 Å². The van der Waals surface area contributed by atoms with Crippen LogP contribution in [-0.2, 0) is 9.53 Å². The molecule has 0 aliphatic rings. The Morgan fingerprint density at radius 1 is 1.33 bits per heavy atom. The predicted octanol–water partition coefficient (Wildman–Crippen LogP) is 0.967. The molecule has 1 heterocycles. The summed E-state index contributed by atoms with van der Waals surface area (Å²) in [6.07, 6.45) is 0. The molecule has 8 heteroatoms. The van der Waals surface area contributed by atoms with E-state index >= 15 is 0 Å². The second-order valence-corrected chi connectivity index (χ2v) is 3.99. The lowest BCUT2D eigenvalue weighted by Gasteiger charge is -2.07. The van der Waals surface area contributed by atoms with Crippen molar-refractivity contribution in [3.63, 3.8) is 0 Å². The molecule has 0 aliphatic heterocycles. The fraction of sp³-hybridized carbons (Fsp3) is 0.600. The number of ether oxygens (including phenoxy) is 2. The van der Waals surface area contributed by atoms with Gasteiger partial charge in [-0.1, -0.05) is 11.8 Å². The molecular weight excluding hydrogens is 256 g/mol. The van der Waals surface area contributed by atoms with Gasteiger partial charge in [0.25, 0.3) is 0 Å². The minimum atomic E-state index is -0.330. The molecule has 0 aromatic carbocycles. The van der Waals surface area contributed by atoms with Gasteiger partial charge >= 0.3 is 12.0 Å². The zero-order chi connectivity index (χ0) is 13.4. The minimum absolute atomic E-state index is 0.150. The third-order valence-corrected chi connectivity index (χ3v) is 2.57. The lowest BCUT2D eigenvalue weighted by molar-refractivity contribution is -0.137. The lowest BCUT2D eigenvalue weighted by atomic mass is 10.7. The van der Waals surface area contributed by atoms with E-state index < -0.39 is 0 Å². The van der Waals surface area contributed by atoms with Crippen LogP contribution in [0, 0.1) is 0 Å². The number of carbonyl (C=O) groups excluding carboxylic acids is 1. The van der Waals surface area contributed by atoms with Gasteiger partial charge in [-0.3, -0.25) is 4.79 Å². The Hall–Kier alpha value is -1.57. The van der Waals surface area contributed by atoms with Crippen LogP contribution < -0.4 is 10.1 Å². The summed E-state index contributed by atoms with van der Waals surface area (Å²) in [5.41, 5.74) is 0. The SMILES string of the molecule is CCNc1nc(OCC)nc(SCC(=O)OC)n1. The van der Waals surface area contributed by atoms with E-state index in [-0.39, 0.29) is 17.7 Å². The quantitative estimate of drug-likeness (QED) is 0.580. The van der Waals surface area contributed by atoms with E-state index in [4.69, 9.17) is 4.74 Å². The fourth-order valence-electron chi connectivity index (χ4n) is 1.02. The third kappa shape index (κ3) is 4.74. The molecule has 18 heavy (non-hydrogen) atoms. The number of hydrogen-bond acceptors (Lipinski definition) is 8. The molecule has 0 saturated carbocycles. The van der Waals surface area contributed by atoms with Crippen molar-refractivity contribution < 1.29 is 14.3 Å². The van der Waals surface area contributed by atoms with E-state index in [0.29, 0.717) is 24.3 Å². The summed E-state index contributed by atoms with van der Waals surface area (Å²) in [4.78, 5) is 23.4. The number of methoxy groups -OCH3 is 1. The first kappa shape index (κ1) is 14.5. The van der Waals surface area contributed by atoms with Crippen LogP contribution in [0.25, 0.3) is 0 Å². The minimum Gasteiger partial charge on any atom is -0.468 e. The molecule has 1 N–H and O–H groups in total. The smallest absolute Gasteiger partial charge is 0.322 e. The Kier molecular flexibility index (Phi) is 6.20. The average Bonchev–Trinajstić information content (AvgIpc) is 2.36. The second kappa shape index (κ2) is 7.70. The molecule has 0 atom stereocenters. The maximum absolute atomic E-state index is 11.0. The van der Waals surface area contributed by atoms with Crippen molar-refractivity contribution in [2.24, 2.45) is 0 Å². The van der Waals surface area contributed by atoms with E-state index in [1.807, 2.05) is 13.8 Å². The number of rotatable bonds is 7. The van der Waals surface area contributed by atoms with Crippen molar-refractivity contribution in [2.75, 3.05) is 31.3 Å². The van der Waals surface area contributed by atoms with Crippen LogP contribution in [0.3, 0.4) is 0 Å². The van der Waals surface area contributed by atoms with Gasteiger partial charge in [0.2, 0.25) is 5.95 Å². The van der Waals surface area contributed by atoms with E-state index in [9.17, 15) is 4.79 Å². The van der Waals surface area contributed by atoms with Crippen LogP contribution in [0.5, 0.6) is 6.01 Å². The zero-order valence-electron chi connectivity index (χ0n) is 10.6. The Morgan fingerprint density at radius 3 is 2.72 bits per heavy atom. The van der Waals surface area contributed by atoms with E-state index in [0.717, 1.165) is 0 Å². The highest BCUT2D eigenvalue weighted by molar-refractivity contribution is 7.99. The first-order valence-electron chi connectivity index (χ1n) is 5.52. The molecule has 0 fully saturated rings. The highest BCUT2D eigenvalue weighted by atomic mass is 32.2. The summed E-state index contributed by atoms with van der Waals surface area (Å²) >= 11 is 1.18. The summed E-state index contributed by atoms with van der Waals surface area (Å²) in [5, 5.41) is 3.40. The highest BCUT2D eigenvalue weighted by Crippen LogP contribution is 2.17. The summed E-state index contributed by atoms with van der Waals surface area (Å²) in [7, 11) is 1.34. The molecule has 7 nitrogen and oxygen atoms in total. The van der Waals surface area contributed by atoms with Gasteiger partial charge in [-0.25, -0.2) is 0 Å². The number of nitrogens with zero attached hydrogens (tertiary/aromatic N) is 3. The van der Waals surface area contributed by atoms with E-state index in [2.05, 4.69) is 25.0 Å². The van der Waals surface area contributed by atoms with Gasteiger partial charge in [-0.15, -0.1) is 0 Å². The molecule has 1 aromatic rings. The van der Waals surface area contributed by atoms with Gasteiger partial charge in [0.15, 0.2) is 5.16 Å². The Morgan fingerprint density at radius 2 is 2.11 bits per heavy atom. The first-order valence-corrected chi connectivity index (χ1v) is 6.50. The van der Waals surface area contributed by atoms with Crippen LogP contribution in [0.4, 0.5) is 5.95 Å². The standard InChI is InChI=1S/C10H16N4O3S/c1-4-11-8-12-9(17-5-2)14-10(13-8)18-6-7(15)16-3/h4-6H2,1-3H3,(H,11,12,13,14). The number of nitrogens with one attached hydrogen (secondary N) is 1. The number of carbonyl (C=O) groups is 1. The lowest BCUT2D eigenvalue weighted by Crippen LogP contribution is -2.09. The van der Waals surface area contributed by atoms with Crippen molar-refractivity contribution in [3.8, 4) is 6.01 Å². The summed E-state index contributed by atoms with van der Waals surface area (Å²) in [6.45, 7) is 4.94. The molecule has 1 aromatic heterocycles. The molecular formula is C10H16N4O3S. The normalized spacial score (nSPS) is 9.94. The van der Waals surface area contributed by atoms with Gasteiger partial charge in [-0.2, -0.15) is 15.0 Å². The van der Waals surface area contributed by atoms with Crippen LogP contribution in [0.1, 0.15) is 13.8 Å². The van der Waals surface area contributed by atoms with Crippen molar-refractivity contribution >= 4 is 23.7 Å². The van der Waals surface area contributed by atoms with E-state index in [1.54, 1.807) is 0 Å². The van der Waals surface area contributed by atoms with Gasteiger partial charge in [0.1, 0.15) is 0 Å². The molecule has 0 aliphatic carbocycles. The monoisotopic (exact) mass is 272 g/mol. The molecule has 0 amide bonds. The number of hydrogen-bond donors (Lipinski definition) is 1. The predicted molar refractivity (Wildman–Crippen MR) is 67.9 cm³/mol. The maximum Gasteiger partial charge on any atom is 0.322 e. The molecule has 0 unspecified atom stereocenters. The Balaban J connectivity index is 2.78. The second-order valence-electron chi connectivity index (χ2n) is 3.05. The average molecular weight is 272 g/mol. The third-order valence-electron chi connectivity index (χ3n) is 1.75. The summed E-state index contributed by atoms with van der Waals surface area (Å²) in [6, 6.07) is 0.246. The van der Waals surface area contributed by atoms with Gasteiger partial charge in [-0.05, 0) is 13.8 Å². The van der Waals surface area contributed by atoms with Crippen LogP contribution >= 0.6 is 11.8 Å². The van der Waals surface area contributed by atoms with Gasteiger partial charge in [0.05, 0.1) is 19.5 Å². The molecule has 1 rings (SSSR count). The Bertz CT molecular complexity index is 378. The van der Waals surface area contributed by atoms with Crippen molar-refractivity contribution in [2.45, 2.75) is 19.0 Å². The number of aromatic nitrogens is 3. The molecule has 0 radical (unpaired) electrons. The van der Waals surface area contributed by atoms with Gasteiger partial charge < -0.3 is 14.8 Å². The van der Waals surface area contributed by atoms with Crippen LogP contribution in [0.2, 0.25) is 0 Å². The zero-order valence-corrected chi connectivity index (χ0v) is 11.4. The first-order chi connectivity index (χ1) is 8.69. The van der Waals surface area contributed by atoms with Crippen molar-refractivity contribution in [1.29, 1.82) is 0 Å². The molecule has 0 saturated heterocycles. The molecule has 0 spiro atoms. The van der Waals surface area contributed by atoms with Crippen molar-refractivity contribution in [1.82, 2.24) is 15.0 Å². The summed E-state index contributed by atoms with van der Waals surface area (Å²) < 4.78 is 9.78.